The molecule has 0 bridgehead atoms. The summed E-state index contributed by atoms with van der Waals surface area (Å²) in [5, 5.41) is 14.5. The maximum absolute atomic E-state index is 12.1. The van der Waals surface area contributed by atoms with E-state index in [0.29, 0.717) is 5.69 Å². The number of ether oxygens (including phenoxy) is 1. The van der Waals surface area contributed by atoms with Gasteiger partial charge in [0, 0.05) is 58.3 Å². The van der Waals surface area contributed by atoms with Crippen LogP contribution in [0.15, 0.2) is 67.0 Å². The summed E-state index contributed by atoms with van der Waals surface area (Å²) in [6.07, 6.45) is 3.78. The minimum atomic E-state index is -1.23. The van der Waals surface area contributed by atoms with E-state index in [2.05, 4.69) is 10.6 Å². The van der Waals surface area contributed by atoms with Crippen LogP contribution >= 0.6 is 11.6 Å². The monoisotopic (exact) mass is 450 g/mol. The molecular formula is C21H18ClN3NaO5. The van der Waals surface area contributed by atoms with Gasteiger partial charge >= 0.3 is 5.97 Å². The minimum absolute atomic E-state index is 0. The topological polar surface area (TPSA) is 110 Å². The van der Waals surface area contributed by atoms with E-state index in [1.807, 2.05) is 41.2 Å². The first kappa shape index (κ1) is 24.6. The Labute approximate surface area is 205 Å². The van der Waals surface area contributed by atoms with Crippen LogP contribution in [0.3, 0.4) is 0 Å². The van der Waals surface area contributed by atoms with Gasteiger partial charge in [0.2, 0.25) is 11.8 Å². The quantitative estimate of drug-likeness (QED) is 0.457. The van der Waals surface area contributed by atoms with Crippen LogP contribution in [0.4, 0.5) is 11.4 Å². The van der Waals surface area contributed by atoms with Gasteiger partial charge < -0.3 is 25.0 Å². The van der Waals surface area contributed by atoms with E-state index in [9.17, 15) is 19.5 Å². The second-order valence-corrected chi connectivity index (χ2v) is 6.66. The first-order valence-electron chi connectivity index (χ1n) is 8.86. The Balaban J connectivity index is 0.00000341. The third-order valence-electron chi connectivity index (χ3n) is 3.98. The number of hydrogen-bond acceptors (Lipinski definition) is 4. The Morgan fingerprint density at radius 2 is 1.61 bits per heavy atom. The van der Waals surface area contributed by atoms with Gasteiger partial charge in [-0.2, -0.15) is 0 Å². The molecule has 3 aromatic rings. The fourth-order valence-corrected chi connectivity index (χ4v) is 2.85. The van der Waals surface area contributed by atoms with Crippen molar-refractivity contribution in [3.8, 4) is 5.69 Å². The molecule has 1 aromatic heterocycles. The molecule has 8 nitrogen and oxygen atoms in total. The summed E-state index contributed by atoms with van der Waals surface area (Å²) in [6.45, 7) is -0.758. The molecule has 1 radical (unpaired) electrons. The molecule has 2 aromatic carbocycles. The van der Waals surface area contributed by atoms with Crippen molar-refractivity contribution in [3.63, 3.8) is 0 Å². The predicted octanol–water partition coefficient (Wildman–Crippen LogP) is 3.04. The van der Waals surface area contributed by atoms with Crippen molar-refractivity contribution in [1.82, 2.24) is 4.57 Å². The van der Waals surface area contributed by atoms with Crippen molar-refractivity contribution in [2.75, 3.05) is 23.8 Å². The van der Waals surface area contributed by atoms with Gasteiger partial charge in [0.05, 0.1) is 11.3 Å². The molecule has 2 amide bonds. The molecule has 0 aliphatic carbocycles. The maximum Gasteiger partial charge on any atom is 0.337 e. The average Bonchev–Trinajstić information content (AvgIpc) is 3.24. The number of carboxylic acids is 1. The Hall–Kier alpha value is -2.62. The van der Waals surface area contributed by atoms with Crippen LogP contribution in [0.25, 0.3) is 5.69 Å². The molecule has 155 valence electrons. The van der Waals surface area contributed by atoms with Crippen molar-refractivity contribution < 1.29 is 24.2 Å². The number of amides is 2. The molecule has 0 saturated carbocycles. The van der Waals surface area contributed by atoms with Crippen molar-refractivity contribution >= 4 is 70.3 Å². The van der Waals surface area contributed by atoms with E-state index in [1.54, 1.807) is 12.1 Å². The van der Waals surface area contributed by atoms with Crippen LogP contribution < -0.4 is 10.6 Å². The number of halogens is 1. The summed E-state index contributed by atoms with van der Waals surface area (Å²) < 4.78 is 7.03. The number of carbonyl (C=O) groups excluding carboxylic acids is 2. The SMILES string of the molecule is O=C(COCC(=O)Nc1ccc(Cl)cc1C(=O)O)Nc1cccc(-n2cccc2)c1.[Na]. The van der Waals surface area contributed by atoms with Crippen LogP contribution in [-0.2, 0) is 14.3 Å². The summed E-state index contributed by atoms with van der Waals surface area (Å²) in [7, 11) is 0. The van der Waals surface area contributed by atoms with Gasteiger partial charge in [-0.05, 0) is 48.5 Å². The minimum Gasteiger partial charge on any atom is -0.478 e. The van der Waals surface area contributed by atoms with Gasteiger partial charge in [0.15, 0.2) is 0 Å². The summed E-state index contributed by atoms with van der Waals surface area (Å²) >= 11 is 5.77. The summed E-state index contributed by atoms with van der Waals surface area (Å²) in [5.41, 5.74) is 1.42. The fourth-order valence-electron chi connectivity index (χ4n) is 2.67. The number of benzene rings is 2. The van der Waals surface area contributed by atoms with E-state index >= 15 is 0 Å². The van der Waals surface area contributed by atoms with Gasteiger partial charge in [-0.1, -0.05) is 17.7 Å². The van der Waals surface area contributed by atoms with E-state index in [0.717, 1.165) is 5.69 Å². The summed E-state index contributed by atoms with van der Waals surface area (Å²) in [4.78, 5) is 35.3. The number of rotatable bonds is 8. The molecule has 1 heterocycles. The largest absolute Gasteiger partial charge is 0.478 e. The fraction of sp³-hybridized carbons (Fsp3) is 0.0952. The van der Waals surface area contributed by atoms with Crippen molar-refractivity contribution in [2.45, 2.75) is 0 Å². The molecule has 0 fully saturated rings. The molecule has 0 unspecified atom stereocenters. The number of nitrogens with zero attached hydrogens (tertiary/aromatic N) is 1. The third-order valence-corrected chi connectivity index (χ3v) is 4.22. The Kier molecular flexibility index (Phi) is 9.29. The molecule has 3 N–H and O–H groups in total. The number of aromatic carboxylic acids is 1. The molecule has 31 heavy (non-hydrogen) atoms. The molecule has 0 atom stereocenters. The Morgan fingerprint density at radius 1 is 0.935 bits per heavy atom. The molecule has 0 spiro atoms. The zero-order valence-corrected chi connectivity index (χ0v) is 19.4. The molecule has 0 aliphatic rings. The van der Waals surface area contributed by atoms with E-state index in [4.69, 9.17) is 16.3 Å². The first-order chi connectivity index (χ1) is 14.4. The van der Waals surface area contributed by atoms with E-state index in [1.165, 1.54) is 18.2 Å². The number of carboxylic acid groups (broad SMARTS) is 1. The van der Waals surface area contributed by atoms with Crippen LogP contribution in [0.1, 0.15) is 10.4 Å². The van der Waals surface area contributed by atoms with Crippen LogP contribution in [0.5, 0.6) is 0 Å². The molecule has 0 aliphatic heterocycles. The Morgan fingerprint density at radius 3 is 2.29 bits per heavy atom. The molecular weight excluding hydrogens is 433 g/mol. The molecule has 0 saturated heterocycles. The summed E-state index contributed by atoms with van der Waals surface area (Å²) in [5.74, 6) is -2.25. The zero-order valence-electron chi connectivity index (χ0n) is 16.7. The van der Waals surface area contributed by atoms with Gasteiger partial charge in [0.25, 0.3) is 0 Å². The third kappa shape index (κ3) is 7.23. The van der Waals surface area contributed by atoms with E-state index in [-0.39, 0.29) is 52.4 Å². The number of carbonyl (C=O) groups is 3. The Bertz CT molecular complexity index is 1070. The number of anilines is 2. The van der Waals surface area contributed by atoms with E-state index < -0.39 is 24.4 Å². The smallest absolute Gasteiger partial charge is 0.337 e. The normalized spacial score (nSPS) is 10.1. The average molecular weight is 451 g/mol. The van der Waals surface area contributed by atoms with Crippen LogP contribution in [0, 0.1) is 0 Å². The number of nitrogens with one attached hydrogen (secondary N) is 2. The second kappa shape index (κ2) is 11.7. The van der Waals surface area contributed by atoms with Crippen molar-refractivity contribution in [2.24, 2.45) is 0 Å². The van der Waals surface area contributed by atoms with Crippen LogP contribution in [0.2, 0.25) is 5.02 Å². The maximum atomic E-state index is 12.1. The molecule has 10 heteroatoms. The number of hydrogen-bond donors (Lipinski definition) is 3. The van der Waals surface area contributed by atoms with Gasteiger partial charge in [-0.3, -0.25) is 9.59 Å². The number of aromatic nitrogens is 1. The van der Waals surface area contributed by atoms with Crippen LogP contribution in [-0.4, -0.2) is 70.2 Å². The first-order valence-corrected chi connectivity index (χ1v) is 9.24. The standard InChI is InChI=1S/C21H18ClN3O5.Na/c22-14-6-7-18(17(10-14)21(28)29)24-20(27)13-30-12-19(26)23-15-4-3-5-16(11-15)25-8-1-2-9-25;/h1-11H,12-13H2,(H,23,26)(H,24,27)(H,28,29);. The van der Waals surface area contributed by atoms with Gasteiger partial charge in [-0.25, -0.2) is 4.79 Å². The predicted molar refractivity (Wildman–Crippen MR) is 118 cm³/mol. The summed E-state index contributed by atoms with van der Waals surface area (Å²) in [6, 6.07) is 15.1. The van der Waals surface area contributed by atoms with Gasteiger partial charge in [0.1, 0.15) is 13.2 Å². The molecule has 3 rings (SSSR count). The van der Waals surface area contributed by atoms with Gasteiger partial charge in [-0.15, -0.1) is 0 Å². The second-order valence-electron chi connectivity index (χ2n) is 6.22. The zero-order chi connectivity index (χ0) is 21.5. The van der Waals surface area contributed by atoms with Crippen molar-refractivity contribution in [1.29, 1.82) is 0 Å². The van der Waals surface area contributed by atoms with Crippen molar-refractivity contribution in [3.05, 3.63) is 77.6 Å².